The van der Waals surface area contributed by atoms with Gasteiger partial charge in [-0.05, 0) is 92.3 Å². The third-order valence-corrected chi connectivity index (χ3v) is 10.5. The van der Waals surface area contributed by atoms with Gasteiger partial charge in [0.15, 0.2) is 0 Å². The van der Waals surface area contributed by atoms with Gasteiger partial charge in [-0.2, -0.15) is 0 Å². The molecule has 0 radical (unpaired) electrons. The molecule has 0 spiro atoms. The molecule has 30 heavy (non-hydrogen) atoms. The van der Waals surface area contributed by atoms with E-state index in [1.54, 1.807) is 5.57 Å². The first-order valence-corrected chi connectivity index (χ1v) is 13.1. The molecule has 0 amide bonds. The molecule has 0 bridgehead atoms. The minimum Gasteiger partial charge on any atom is -0.393 e. The molecule has 172 valence electrons. The number of hydrogen-bond donors (Lipinski definition) is 2. The van der Waals surface area contributed by atoms with Gasteiger partial charge < -0.3 is 10.2 Å². The lowest BCUT2D eigenvalue weighted by Gasteiger charge is -2.58. The Morgan fingerprint density at radius 2 is 1.73 bits per heavy atom. The number of aliphatic hydroxyl groups is 2. The Bertz CT molecular complexity index is 664. The van der Waals surface area contributed by atoms with Gasteiger partial charge in [0, 0.05) is 5.92 Å². The van der Waals surface area contributed by atoms with Crippen molar-refractivity contribution in [2.45, 2.75) is 117 Å². The summed E-state index contributed by atoms with van der Waals surface area (Å²) in [6.45, 7) is 14.3. The number of fused-ring (bicyclic) bond motifs is 5. The average Bonchev–Trinajstić information content (AvgIpc) is 2.88. The van der Waals surface area contributed by atoms with Crippen LogP contribution >= 0.6 is 0 Å². The molecule has 2 heteroatoms. The standard InChI is InChI=1S/C28H48O2/c1-18(2)8-7-9-19(3)24-17-28(6,30)25-22-11-10-20-16-21(29)12-14-26(20,4)23(22)13-15-27(24,25)5/h11,18-21,23-25,29-30H,7-10,12-17H2,1-6H3/t19-,20+,21+,23+,24-,25-,26+,27-,28+/m1/s1. The first-order valence-electron chi connectivity index (χ1n) is 13.1. The van der Waals surface area contributed by atoms with Crippen molar-refractivity contribution < 1.29 is 10.2 Å². The fourth-order valence-corrected chi connectivity index (χ4v) is 8.98. The molecule has 2 nitrogen and oxygen atoms in total. The highest BCUT2D eigenvalue weighted by Gasteiger charge is 2.64. The van der Waals surface area contributed by atoms with Gasteiger partial charge in [-0.15, -0.1) is 0 Å². The van der Waals surface area contributed by atoms with Gasteiger partial charge in [0.2, 0.25) is 0 Å². The second-order valence-electron chi connectivity index (χ2n) is 13.1. The summed E-state index contributed by atoms with van der Waals surface area (Å²) in [6, 6.07) is 0. The molecule has 0 aliphatic heterocycles. The van der Waals surface area contributed by atoms with Gasteiger partial charge in [0.05, 0.1) is 11.7 Å². The molecule has 4 aliphatic rings. The van der Waals surface area contributed by atoms with Crippen molar-refractivity contribution in [2.75, 3.05) is 0 Å². The Kier molecular flexibility index (Phi) is 6.02. The van der Waals surface area contributed by atoms with Crippen LogP contribution in [0.1, 0.15) is 106 Å². The van der Waals surface area contributed by atoms with Crippen LogP contribution in [-0.2, 0) is 0 Å². The van der Waals surface area contributed by atoms with E-state index in [4.69, 9.17) is 0 Å². The Morgan fingerprint density at radius 3 is 2.43 bits per heavy atom. The quantitative estimate of drug-likeness (QED) is 0.487. The predicted molar refractivity (Wildman–Crippen MR) is 125 cm³/mol. The Morgan fingerprint density at radius 1 is 1.03 bits per heavy atom. The fourth-order valence-electron chi connectivity index (χ4n) is 8.98. The zero-order chi connectivity index (χ0) is 21.9. The molecule has 2 N–H and O–H groups in total. The van der Waals surface area contributed by atoms with Crippen LogP contribution in [0.25, 0.3) is 0 Å². The Labute approximate surface area is 185 Å². The summed E-state index contributed by atoms with van der Waals surface area (Å²) in [5.74, 6) is 3.67. The highest BCUT2D eigenvalue weighted by Crippen LogP contribution is 2.69. The van der Waals surface area contributed by atoms with Crippen LogP contribution in [-0.4, -0.2) is 21.9 Å². The number of allylic oxidation sites excluding steroid dienone is 1. The van der Waals surface area contributed by atoms with Crippen molar-refractivity contribution in [1.82, 2.24) is 0 Å². The fraction of sp³-hybridized carbons (Fsp3) is 0.929. The second kappa shape index (κ2) is 7.91. The monoisotopic (exact) mass is 416 g/mol. The maximum absolute atomic E-state index is 11.8. The molecular weight excluding hydrogens is 368 g/mol. The molecule has 0 aromatic carbocycles. The molecule has 0 saturated heterocycles. The van der Waals surface area contributed by atoms with Gasteiger partial charge in [-0.3, -0.25) is 0 Å². The molecule has 0 aromatic heterocycles. The van der Waals surface area contributed by atoms with Gasteiger partial charge in [-0.25, -0.2) is 0 Å². The van der Waals surface area contributed by atoms with Crippen molar-refractivity contribution in [3.8, 4) is 0 Å². The minimum absolute atomic E-state index is 0.0995. The smallest absolute Gasteiger partial charge is 0.0693 e. The first kappa shape index (κ1) is 22.8. The highest BCUT2D eigenvalue weighted by atomic mass is 16.3. The summed E-state index contributed by atoms with van der Waals surface area (Å²) in [5.41, 5.74) is 1.59. The SMILES string of the molecule is CC(C)CCC[C@@H](C)[C@H]1C[C@](C)(O)[C@@H]2C3=CC[C@H]4C[C@@H](O)CC[C@]4(C)[C@H]3CC[C@]12C. The molecular formula is C28H48O2. The van der Waals surface area contributed by atoms with E-state index in [0.29, 0.717) is 35.0 Å². The van der Waals surface area contributed by atoms with Crippen LogP contribution in [0.5, 0.6) is 0 Å². The molecule has 9 atom stereocenters. The molecule has 3 saturated carbocycles. The van der Waals surface area contributed by atoms with Crippen molar-refractivity contribution in [3.05, 3.63) is 11.6 Å². The van der Waals surface area contributed by atoms with Gasteiger partial charge in [0.1, 0.15) is 0 Å². The predicted octanol–water partition coefficient (Wildman–Crippen LogP) is 6.75. The van der Waals surface area contributed by atoms with Crippen LogP contribution in [0.2, 0.25) is 0 Å². The lowest BCUT2D eigenvalue weighted by molar-refractivity contribution is -0.0650. The van der Waals surface area contributed by atoms with E-state index in [1.165, 1.54) is 32.1 Å². The van der Waals surface area contributed by atoms with E-state index in [-0.39, 0.29) is 11.5 Å². The maximum Gasteiger partial charge on any atom is 0.0693 e. The van der Waals surface area contributed by atoms with E-state index >= 15 is 0 Å². The van der Waals surface area contributed by atoms with Gasteiger partial charge in [0.25, 0.3) is 0 Å². The summed E-state index contributed by atoms with van der Waals surface area (Å²) in [5, 5.41) is 22.0. The average molecular weight is 417 g/mol. The number of aliphatic hydroxyl groups excluding tert-OH is 1. The lowest BCUT2D eigenvalue weighted by Crippen LogP contribution is -2.52. The van der Waals surface area contributed by atoms with Crippen molar-refractivity contribution in [1.29, 1.82) is 0 Å². The first-order chi connectivity index (χ1) is 14.0. The third kappa shape index (κ3) is 3.62. The Hall–Kier alpha value is -0.340. The summed E-state index contributed by atoms with van der Waals surface area (Å²) in [4.78, 5) is 0. The van der Waals surface area contributed by atoms with E-state index < -0.39 is 5.60 Å². The number of hydrogen-bond acceptors (Lipinski definition) is 2. The van der Waals surface area contributed by atoms with Crippen molar-refractivity contribution >= 4 is 0 Å². The van der Waals surface area contributed by atoms with Crippen LogP contribution in [0.15, 0.2) is 11.6 Å². The van der Waals surface area contributed by atoms with Crippen LogP contribution in [0.4, 0.5) is 0 Å². The zero-order valence-corrected chi connectivity index (χ0v) is 20.6. The minimum atomic E-state index is -0.576. The third-order valence-electron chi connectivity index (χ3n) is 10.5. The van der Waals surface area contributed by atoms with Crippen LogP contribution in [0.3, 0.4) is 0 Å². The van der Waals surface area contributed by atoms with Crippen molar-refractivity contribution in [3.63, 3.8) is 0 Å². The topological polar surface area (TPSA) is 40.5 Å². The molecule has 4 rings (SSSR count). The molecule has 0 aromatic rings. The largest absolute Gasteiger partial charge is 0.393 e. The second-order valence-corrected chi connectivity index (χ2v) is 13.1. The van der Waals surface area contributed by atoms with Crippen LogP contribution in [0, 0.1) is 46.3 Å². The summed E-state index contributed by atoms with van der Waals surface area (Å²) < 4.78 is 0. The Balaban J connectivity index is 1.60. The zero-order valence-electron chi connectivity index (χ0n) is 20.6. The van der Waals surface area contributed by atoms with Gasteiger partial charge >= 0.3 is 0 Å². The van der Waals surface area contributed by atoms with E-state index in [9.17, 15) is 10.2 Å². The summed E-state index contributed by atoms with van der Waals surface area (Å²) in [6.07, 6.45) is 14.1. The molecule has 0 unspecified atom stereocenters. The van der Waals surface area contributed by atoms with E-state index in [1.807, 2.05) is 0 Å². The normalized spacial score (nSPS) is 49.2. The summed E-state index contributed by atoms with van der Waals surface area (Å²) in [7, 11) is 0. The van der Waals surface area contributed by atoms with Crippen LogP contribution < -0.4 is 0 Å². The maximum atomic E-state index is 11.8. The van der Waals surface area contributed by atoms with E-state index in [2.05, 4.69) is 47.6 Å². The lowest BCUT2D eigenvalue weighted by atomic mass is 9.47. The van der Waals surface area contributed by atoms with Crippen molar-refractivity contribution in [2.24, 2.45) is 46.3 Å². The molecule has 3 fully saturated rings. The molecule has 0 heterocycles. The van der Waals surface area contributed by atoms with Gasteiger partial charge in [-0.1, -0.05) is 65.5 Å². The number of rotatable bonds is 5. The molecule has 4 aliphatic carbocycles. The summed E-state index contributed by atoms with van der Waals surface area (Å²) >= 11 is 0. The highest BCUT2D eigenvalue weighted by molar-refractivity contribution is 5.31. The van der Waals surface area contributed by atoms with E-state index in [0.717, 1.165) is 38.0 Å².